The summed E-state index contributed by atoms with van der Waals surface area (Å²) in [6.07, 6.45) is 0. The summed E-state index contributed by atoms with van der Waals surface area (Å²) in [6.45, 7) is 6.66. The molecule has 1 aromatic rings. The van der Waals surface area contributed by atoms with E-state index in [2.05, 4.69) is 10.6 Å². The number of hydrogen-bond donors (Lipinski definition) is 2. The maximum atomic E-state index is 11.5. The van der Waals surface area contributed by atoms with E-state index in [9.17, 15) is 4.79 Å². The minimum atomic E-state index is -0.103. The third-order valence-corrected chi connectivity index (χ3v) is 2.81. The van der Waals surface area contributed by atoms with Crippen LogP contribution in [-0.4, -0.2) is 39.3 Å². The molecule has 0 saturated heterocycles. The summed E-state index contributed by atoms with van der Waals surface area (Å²) in [5, 5.41) is 6.00. The van der Waals surface area contributed by atoms with E-state index in [1.54, 1.807) is 7.11 Å². The van der Waals surface area contributed by atoms with E-state index in [0.29, 0.717) is 19.7 Å². The predicted molar refractivity (Wildman–Crippen MR) is 78.9 cm³/mol. The van der Waals surface area contributed by atoms with E-state index in [-0.39, 0.29) is 12.5 Å². The fourth-order valence-electron chi connectivity index (χ4n) is 1.84. The molecule has 0 fully saturated rings. The number of aryl methyl sites for hydroxylation is 1. The molecule has 0 bridgehead atoms. The lowest BCUT2D eigenvalue weighted by Crippen LogP contribution is -2.29. The van der Waals surface area contributed by atoms with Crippen molar-refractivity contribution < 1.29 is 14.3 Å². The predicted octanol–water partition coefficient (Wildman–Crippen LogP) is 1.25. The maximum Gasteiger partial charge on any atom is 0.257 e. The van der Waals surface area contributed by atoms with Crippen LogP contribution in [0.5, 0.6) is 5.75 Å². The average molecular weight is 280 g/mol. The Hall–Kier alpha value is -1.59. The van der Waals surface area contributed by atoms with Gasteiger partial charge in [0.25, 0.3) is 5.91 Å². The van der Waals surface area contributed by atoms with Crippen LogP contribution in [0.1, 0.15) is 18.1 Å². The van der Waals surface area contributed by atoms with Gasteiger partial charge in [0, 0.05) is 32.3 Å². The average Bonchev–Trinajstić information content (AvgIpc) is 2.43. The Bertz CT molecular complexity index is 422. The zero-order valence-electron chi connectivity index (χ0n) is 12.5. The highest BCUT2D eigenvalue weighted by atomic mass is 16.5. The molecule has 1 rings (SSSR count). The van der Waals surface area contributed by atoms with Gasteiger partial charge >= 0.3 is 0 Å². The molecule has 0 aromatic heterocycles. The van der Waals surface area contributed by atoms with Crippen LogP contribution in [0, 0.1) is 6.92 Å². The number of nitrogens with one attached hydrogen (secondary N) is 2. The standard InChI is InChI=1S/C15H24N2O3/c1-4-17-14(18)11-20-15-12(2)6-5-7-13(15)10-16-8-9-19-3/h5-7,16H,4,8-11H2,1-3H3,(H,17,18). The molecule has 5 heteroatoms. The van der Waals surface area contributed by atoms with Gasteiger partial charge in [0.15, 0.2) is 6.61 Å². The quantitative estimate of drug-likeness (QED) is 0.668. The third-order valence-electron chi connectivity index (χ3n) is 2.81. The first-order valence-electron chi connectivity index (χ1n) is 6.86. The minimum Gasteiger partial charge on any atom is -0.483 e. The van der Waals surface area contributed by atoms with Gasteiger partial charge in [-0.25, -0.2) is 0 Å². The fraction of sp³-hybridized carbons (Fsp3) is 0.533. The van der Waals surface area contributed by atoms with Gasteiger partial charge < -0.3 is 20.1 Å². The molecule has 5 nitrogen and oxygen atoms in total. The Morgan fingerprint density at radius 3 is 2.85 bits per heavy atom. The van der Waals surface area contributed by atoms with Crippen molar-refractivity contribution in [3.63, 3.8) is 0 Å². The van der Waals surface area contributed by atoms with E-state index in [1.165, 1.54) is 0 Å². The van der Waals surface area contributed by atoms with Crippen molar-refractivity contribution in [1.82, 2.24) is 10.6 Å². The molecule has 0 saturated carbocycles. The van der Waals surface area contributed by atoms with Gasteiger partial charge in [0.1, 0.15) is 5.75 Å². The van der Waals surface area contributed by atoms with Crippen LogP contribution in [0.4, 0.5) is 0 Å². The molecule has 0 aliphatic heterocycles. The maximum absolute atomic E-state index is 11.5. The van der Waals surface area contributed by atoms with Crippen molar-refractivity contribution in [2.45, 2.75) is 20.4 Å². The van der Waals surface area contributed by atoms with E-state index in [4.69, 9.17) is 9.47 Å². The highest BCUT2D eigenvalue weighted by molar-refractivity contribution is 5.77. The largest absolute Gasteiger partial charge is 0.483 e. The molecule has 0 radical (unpaired) electrons. The molecule has 0 atom stereocenters. The Kier molecular flexibility index (Phi) is 7.69. The second-order valence-corrected chi connectivity index (χ2v) is 4.47. The summed E-state index contributed by atoms with van der Waals surface area (Å²) in [6, 6.07) is 5.97. The van der Waals surface area contributed by atoms with Crippen molar-refractivity contribution in [1.29, 1.82) is 0 Å². The molecular formula is C15H24N2O3. The van der Waals surface area contributed by atoms with E-state index in [1.807, 2.05) is 32.0 Å². The molecule has 0 aliphatic rings. The summed E-state index contributed by atoms with van der Waals surface area (Å²) >= 11 is 0. The molecule has 0 unspecified atom stereocenters. The number of rotatable bonds is 9. The van der Waals surface area contributed by atoms with Gasteiger partial charge in [-0.1, -0.05) is 18.2 Å². The lowest BCUT2D eigenvalue weighted by molar-refractivity contribution is -0.123. The Morgan fingerprint density at radius 1 is 1.35 bits per heavy atom. The third kappa shape index (κ3) is 5.59. The van der Waals surface area contributed by atoms with E-state index in [0.717, 1.165) is 23.4 Å². The van der Waals surface area contributed by atoms with Crippen molar-refractivity contribution >= 4 is 5.91 Å². The number of para-hydroxylation sites is 1. The second kappa shape index (κ2) is 9.34. The number of hydrogen-bond acceptors (Lipinski definition) is 4. The number of methoxy groups -OCH3 is 1. The first-order valence-corrected chi connectivity index (χ1v) is 6.86. The number of likely N-dealkylation sites (N-methyl/N-ethyl adjacent to an activating group) is 1. The summed E-state index contributed by atoms with van der Waals surface area (Å²) < 4.78 is 10.6. The van der Waals surface area contributed by atoms with Crippen LogP contribution in [0.3, 0.4) is 0 Å². The van der Waals surface area contributed by atoms with Gasteiger partial charge in [0.05, 0.1) is 6.61 Å². The van der Waals surface area contributed by atoms with Crippen LogP contribution in [-0.2, 0) is 16.1 Å². The van der Waals surface area contributed by atoms with E-state index < -0.39 is 0 Å². The second-order valence-electron chi connectivity index (χ2n) is 4.47. The fourth-order valence-corrected chi connectivity index (χ4v) is 1.84. The zero-order chi connectivity index (χ0) is 14.8. The number of carbonyl (C=O) groups excluding carboxylic acids is 1. The van der Waals surface area contributed by atoms with Gasteiger partial charge in [0.2, 0.25) is 0 Å². The molecule has 112 valence electrons. The summed E-state index contributed by atoms with van der Waals surface area (Å²) in [5.74, 6) is 0.678. The lowest BCUT2D eigenvalue weighted by atomic mass is 10.1. The Balaban J connectivity index is 2.60. The highest BCUT2D eigenvalue weighted by Gasteiger charge is 2.09. The molecular weight excluding hydrogens is 256 g/mol. The molecule has 0 heterocycles. The normalized spacial score (nSPS) is 10.3. The summed E-state index contributed by atoms with van der Waals surface area (Å²) in [7, 11) is 1.68. The van der Waals surface area contributed by atoms with Crippen LogP contribution in [0.2, 0.25) is 0 Å². The number of amides is 1. The number of benzene rings is 1. The van der Waals surface area contributed by atoms with Crippen LogP contribution in [0.25, 0.3) is 0 Å². The number of ether oxygens (including phenoxy) is 2. The van der Waals surface area contributed by atoms with Crippen LogP contribution < -0.4 is 15.4 Å². The molecule has 20 heavy (non-hydrogen) atoms. The monoisotopic (exact) mass is 280 g/mol. The minimum absolute atomic E-state index is 0.0454. The lowest BCUT2D eigenvalue weighted by Gasteiger charge is -2.14. The summed E-state index contributed by atoms with van der Waals surface area (Å²) in [5.41, 5.74) is 2.07. The molecule has 1 aromatic carbocycles. The molecule has 0 aliphatic carbocycles. The van der Waals surface area contributed by atoms with E-state index >= 15 is 0 Å². The first kappa shape index (κ1) is 16.5. The smallest absolute Gasteiger partial charge is 0.257 e. The highest BCUT2D eigenvalue weighted by Crippen LogP contribution is 2.23. The van der Waals surface area contributed by atoms with Gasteiger partial charge in [-0.15, -0.1) is 0 Å². The van der Waals surface area contributed by atoms with Crippen LogP contribution in [0.15, 0.2) is 18.2 Å². The Morgan fingerprint density at radius 2 is 2.15 bits per heavy atom. The molecule has 2 N–H and O–H groups in total. The van der Waals surface area contributed by atoms with Crippen molar-refractivity contribution in [2.75, 3.05) is 33.4 Å². The first-order chi connectivity index (χ1) is 9.69. The van der Waals surface area contributed by atoms with Gasteiger partial charge in [-0.05, 0) is 19.4 Å². The summed E-state index contributed by atoms with van der Waals surface area (Å²) in [4.78, 5) is 11.5. The Labute approximate surface area is 120 Å². The van der Waals surface area contributed by atoms with Gasteiger partial charge in [-0.2, -0.15) is 0 Å². The SMILES string of the molecule is CCNC(=O)COc1c(C)cccc1CNCCOC. The topological polar surface area (TPSA) is 59.6 Å². The van der Waals surface area contributed by atoms with Crippen molar-refractivity contribution in [3.05, 3.63) is 29.3 Å². The van der Waals surface area contributed by atoms with Crippen LogP contribution >= 0.6 is 0 Å². The molecule has 0 spiro atoms. The zero-order valence-corrected chi connectivity index (χ0v) is 12.5. The molecule has 1 amide bonds. The van der Waals surface area contributed by atoms with Gasteiger partial charge in [-0.3, -0.25) is 4.79 Å². The van der Waals surface area contributed by atoms with Crippen molar-refractivity contribution in [3.8, 4) is 5.75 Å². The number of carbonyl (C=O) groups is 1. The van der Waals surface area contributed by atoms with Crippen molar-refractivity contribution in [2.24, 2.45) is 0 Å².